The van der Waals surface area contributed by atoms with Gasteiger partial charge in [0.1, 0.15) is 29.8 Å². The van der Waals surface area contributed by atoms with Gasteiger partial charge in [-0.1, -0.05) is 46.3 Å². The van der Waals surface area contributed by atoms with E-state index in [0.29, 0.717) is 16.9 Å². The Hall–Kier alpha value is -4.29. The van der Waals surface area contributed by atoms with Gasteiger partial charge in [-0.2, -0.15) is 10.4 Å². The summed E-state index contributed by atoms with van der Waals surface area (Å²) in [5.41, 5.74) is 4.46. The van der Waals surface area contributed by atoms with Crippen molar-refractivity contribution in [2.24, 2.45) is 5.10 Å². The summed E-state index contributed by atoms with van der Waals surface area (Å²) in [7, 11) is 0. The van der Waals surface area contributed by atoms with Crippen LogP contribution >= 0.6 is 15.9 Å². The average Bonchev–Trinajstić information content (AvgIpc) is 2.85. The van der Waals surface area contributed by atoms with Crippen LogP contribution in [0, 0.1) is 17.1 Å². The molecule has 0 spiro atoms. The number of nitrogens with one attached hydrogen (secondary N) is 2. The second-order valence-electron chi connectivity index (χ2n) is 7.08. The van der Waals surface area contributed by atoms with Crippen molar-refractivity contribution < 1.29 is 9.13 Å². The van der Waals surface area contributed by atoms with E-state index >= 15 is 0 Å². The second kappa shape index (κ2) is 10.6. The van der Waals surface area contributed by atoms with Crippen LogP contribution in [0.1, 0.15) is 16.7 Å². The Kier molecular flexibility index (Phi) is 7.10. The third-order valence-corrected chi connectivity index (χ3v) is 5.52. The van der Waals surface area contributed by atoms with Crippen LogP contribution in [0.3, 0.4) is 0 Å². The highest BCUT2D eigenvalue weighted by molar-refractivity contribution is 9.10. The van der Waals surface area contributed by atoms with Gasteiger partial charge in [-0.15, -0.1) is 0 Å². The number of nitriles is 1. The lowest BCUT2D eigenvalue weighted by molar-refractivity contribution is 0.305. The quantitative estimate of drug-likeness (QED) is 0.258. The average molecular weight is 518 g/mol. The Morgan fingerprint density at radius 1 is 1.15 bits per heavy atom. The number of anilines is 1. The number of hydrogen-bond acceptors (Lipinski definition) is 6. The topological polar surface area (TPSA) is 103 Å². The molecule has 0 saturated heterocycles. The largest absolute Gasteiger partial charge is 0.489 e. The van der Waals surface area contributed by atoms with E-state index in [-0.39, 0.29) is 29.6 Å². The number of halogens is 2. The summed E-state index contributed by atoms with van der Waals surface area (Å²) in [5.74, 6) is 0.404. The lowest BCUT2D eigenvalue weighted by Crippen LogP contribution is -2.16. The van der Waals surface area contributed by atoms with E-state index in [1.54, 1.807) is 60.8 Å². The highest BCUT2D eigenvalue weighted by Gasteiger charge is 2.12. The monoisotopic (exact) mass is 517 g/mol. The van der Waals surface area contributed by atoms with Crippen LogP contribution in [0.2, 0.25) is 0 Å². The van der Waals surface area contributed by atoms with Crippen molar-refractivity contribution in [1.82, 2.24) is 9.97 Å². The number of H-pyrrole nitrogens is 1. The fourth-order valence-electron chi connectivity index (χ4n) is 3.07. The second-order valence-corrected chi connectivity index (χ2v) is 7.93. The van der Waals surface area contributed by atoms with Gasteiger partial charge >= 0.3 is 0 Å². The molecule has 0 saturated carbocycles. The smallest absolute Gasteiger partial charge is 0.270 e. The Bertz CT molecular complexity index is 1430. The normalized spacial score (nSPS) is 10.7. The maximum atomic E-state index is 13.4. The summed E-state index contributed by atoms with van der Waals surface area (Å²) in [6, 6.07) is 22.4. The number of aromatic amines is 1. The first kappa shape index (κ1) is 22.9. The molecule has 1 aromatic heterocycles. The fraction of sp³-hybridized carbons (Fsp3) is 0.0400. The molecular weight excluding hydrogens is 501 g/mol. The Morgan fingerprint density at radius 2 is 1.91 bits per heavy atom. The van der Waals surface area contributed by atoms with Crippen molar-refractivity contribution in [3.05, 3.63) is 110 Å². The number of hydrogen-bond donors (Lipinski definition) is 2. The molecule has 34 heavy (non-hydrogen) atoms. The van der Waals surface area contributed by atoms with Crippen LogP contribution in [0.25, 0.3) is 11.3 Å². The van der Waals surface area contributed by atoms with Gasteiger partial charge in [0.2, 0.25) is 5.95 Å². The van der Waals surface area contributed by atoms with Crippen molar-refractivity contribution in [2.45, 2.75) is 6.61 Å². The first-order valence-electron chi connectivity index (χ1n) is 10.1. The van der Waals surface area contributed by atoms with Crippen LogP contribution in [0.4, 0.5) is 10.3 Å². The van der Waals surface area contributed by atoms with Crippen molar-refractivity contribution in [2.75, 3.05) is 5.43 Å². The van der Waals surface area contributed by atoms with E-state index in [2.05, 4.69) is 36.4 Å². The van der Waals surface area contributed by atoms with Gasteiger partial charge in [0, 0.05) is 15.6 Å². The molecule has 7 nitrogen and oxygen atoms in total. The molecule has 0 amide bonds. The Morgan fingerprint density at radius 3 is 2.65 bits per heavy atom. The van der Waals surface area contributed by atoms with Crippen LogP contribution in [0.15, 0.2) is 87.2 Å². The van der Waals surface area contributed by atoms with E-state index in [1.165, 1.54) is 12.1 Å². The molecule has 168 valence electrons. The molecule has 2 N–H and O–H groups in total. The summed E-state index contributed by atoms with van der Waals surface area (Å²) in [4.78, 5) is 19.1. The zero-order chi connectivity index (χ0) is 23.9. The zero-order valence-electron chi connectivity index (χ0n) is 17.6. The number of rotatable bonds is 7. The van der Waals surface area contributed by atoms with E-state index in [9.17, 15) is 14.4 Å². The molecule has 4 rings (SSSR count). The summed E-state index contributed by atoms with van der Waals surface area (Å²) in [5, 5.41) is 13.4. The molecule has 0 atom stereocenters. The lowest BCUT2D eigenvalue weighted by atomic mass is 10.1. The molecule has 0 radical (unpaired) electrons. The molecule has 0 bridgehead atoms. The number of benzene rings is 3. The maximum Gasteiger partial charge on any atom is 0.270 e. The van der Waals surface area contributed by atoms with Gasteiger partial charge in [0.05, 0.1) is 11.9 Å². The molecule has 0 fully saturated rings. The van der Waals surface area contributed by atoms with Crippen molar-refractivity contribution >= 4 is 28.1 Å². The molecule has 0 aliphatic heterocycles. The standard InChI is InChI=1S/C25H17BrFN5O2/c26-22-11-8-19(27)12-18(22)15-34-20-9-6-16(7-10-20)14-29-32-25-30-23(17-4-2-1-3-5-17)21(13-28)24(33)31-25/h1-12,14H,15H2,(H2,30,31,32,33). The number of ether oxygens (including phenoxy) is 1. The maximum absolute atomic E-state index is 13.4. The molecule has 0 unspecified atom stereocenters. The van der Waals surface area contributed by atoms with Gasteiger partial charge in [0.25, 0.3) is 5.56 Å². The summed E-state index contributed by atoms with van der Waals surface area (Å²) in [6.45, 7) is 0.217. The van der Waals surface area contributed by atoms with Gasteiger partial charge in [-0.25, -0.2) is 14.8 Å². The summed E-state index contributed by atoms with van der Waals surface area (Å²) in [6.07, 6.45) is 1.55. The van der Waals surface area contributed by atoms with Crippen LogP contribution in [0.5, 0.6) is 5.75 Å². The number of nitrogens with zero attached hydrogens (tertiary/aromatic N) is 3. The van der Waals surface area contributed by atoms with Crippen LogP contribution in [-0.2, 0) is 6.61 Å². The summed E-state index contributed by atoms with van der Waals surface area (Å²) >= 11 is 3.38. The number of aromatic nitrogens is 2. The van der Waals surface area contributed by atoms with Crippen molar-refractivity contribution in [3.63, 3.8) is 0 Å². The molecule has 4 aromatic rings. The molecule has 1 heterocycles. The van der Waals surface area contributed by atoms with Gasteiger partial charge in [-0.3, -0.25) is 9.78 Å². The first-order chi connectivity index (χ1) is 16.5. The highest BCUT2D eigenvalue weighted by Crippen LogP contribution is 2.21. The van der Waals surface area contributed by atoms with E-state index in [1.807, 2.05) is 12.1 Å². The zero-order valence-corrected chi connectivity index (χ0v) is 19.2. The molecule has 3 aromatic carbocycles. The van der Waals surface area contributed by atoms with E-state index < -0.39 is 5.56 Å². The predicted molar refractivity (Wildman–Crippen MR) is 131 cm³/mol. The van der Waals surface area contributed by atoms with Crippen molar-refractivity contribution in [3.8, 4) is 23.1 Å². The SMILES string of the molecule is N#Cc1c(-c2ccccc2)nc(NN=Cc2ccc(OCc3cc(F)ccc3Br)cc2)[nH]c1=O. The number of hydrazone groups is 1. The predicted octanol–water partition coefficient (Wildman–Crippen LogP) is 5.24. The first-order valence-corrected chi connectivity index (χ1v) is 10.9. The van der Waals surface area contributed by atoms with E-state index in [0.717, 1.165) is 10.0 Å². The van der Waals surface area contributed by atoms with Gasteiger partial charge in [-0.05, 0) is 48.0 Å². The van der Waals surface area contributed by atoms with Gasteiger partial charge < -0.3 is 4.74 Å². The molecular formula is C25H17BrFN5O2. The summed E-state index contributed by atoms with van der Waals surface area (Å²) < 4.78 is 19.9. The van der Waals surface area contributed by atoms with E-state index in [4.69, 9.17) is 4.74 Å². The minimum atomic E-state index is -0.555. The van der Waals surface area contributed by atoms with Gasteiger partial charge in [0.15, 0.2) is 0 Å². The highest BCUT2D eigenvalue weighted by atomic mass is 79.9. The molecule has 0 aliphatic carbocycles. The molecule has 0 aliphatic rings. The van der Waals surface area contributed by atoms with Crippen LogP contribution in [-0.4, -0.2) is 16.2 Å². The minimum absolute atomic E-state index is 0.0680. The molecule has 9 heteroatoms. The fourth-order valence-corrected chi connectivity index (χ4v) is 3.43. The lowest BCUT2D eigenvalue weighted by Gasteiger charge is -2.08. The third kappa shape index (κ3) is 5.54. The Labute approximate surface area is 202 Å². The minimum Gasteiger partial charge on any atom is -0.489 e. The third-order valence-electron chi connectivity index (χ3n) is 4.74. The Balaban J connectivity index is 1.43. The van der Waals surface area contributed by atoms with Crippen molar-refractivity contribution in [1.29, 1.82) is 5.26 Å². The van der Waals surface area contributed by atoms with Crippen LogP contribution < -0.4 is 15.7 Å².